The molecule has 1 fully saturated rings. The molecule has 0 spiro atoms. The maximum Gasteiger partial charge on any atom is 0.191 e. The molecular weight excluding hydrogens is 427 g/mol. The number of aliphatic imine (C=N–C) groups is 1. The predicted octanol–water partition coefficient (Wildman–Crippen LogP) is 1.47. The summed E-state index contributed by atoms with van der Waals surface area (Å²) in [5.41, 5.74) is 0. The van der Waals surface area contributed by atoms with Gasteiger partial charge in [-0.05, 0) is 32.2 Å². The minimum absolute atomic E-state index is 0. The summed E-state index contributed by atoms with van der Waals surface area (Å²) in [5.74, 6) is 0.960. The van der Waals surface area contributed by atoms with Crippen LogP contribution in [-0.4, -0.2) is 70.6 Å². The Morgan fingerprint density at radius 1 is 1.26 bits per heavy atom. The number of hydrogen-bond acceptors (Lipinski definition) is 4. The van der Waals surface area contributed by atoms with Gasteiger partial charge in [0.25, 0.3) is 0 Å². The van der Waals surface area contributed by atoms with E-state index in [4.69, 9.17) is 0 Å². The molecular formula is C15H33IN4O2S. The van der Waals surface area contributed by atoms with Crippen LogP contribution in [0.25, 0.3) is 0 Å². The molecule has 1 saturated heterocycles. The van der Waals surface area contributed by atoms with Crippen molar-refractivity contribution >= 4 is 39.8 Å². The average Bonchev–Trinajstić information content (AvgIpc) is 2.49. The molecule has 1 heterocycles. The summed E-state index contributed by atoms with van der Waals surface area (Å²) in [6, 6.07) is 0.722. The highest BCUT2D eigenvalue weighted by molar-refractivity contribution is 14.0. The number of likely N-dealkylation sites (tertiary alicyclic amines) is 1. The number of nitrogens with one attached hydrogen (secondary N) is 2. The van der Waals surface area contributed by atoms with E-state index in [0.717, 1.165) is 25.1 Å². The van der Waals surface area contributed by atoms with Crippen LogP contribution in [0.2, 0.25) is 0 Å². The van der Waals surface area contributed by atoms with Gasteiger partial charge in [-0.15, -0.1) is 24.0 Å². The monoisotopic (exact) mass is 460 g/mol. The van der Waals surface area contributed by atoms with Gasteiger partial charge < -0.3 is 10.6 Å². The highest BCUT2D eigenvalue weighted by Gasteiger charge is 2.19. The van der Waals surface area contributed by atoms with Gasteiger partial charge in [0.1, 0.15) is 9.84 Å². The Labute approximate surface area is 158 Å². The lowest BCUT2D eigenvalue weighted by Gasteiger charge is -2.35. The van der Waals surface area contributed by atoms with E-state index in [9.17, 15) is 8.42 Å². The number of piperidine rings is 1. The third-order valence-electron chi connectivity index (χ3n) is 4.12. The SMILES string of the molecule is CCC1CCCCN1CCNC(=NC)NCCCS(C)(=O)=O.I. The molecule has 0 aromatic carbocycles. The van der Waals surface area contributed by atoms with Crippen LogP contribution in [0.4, 0.5) is 0 Å². The molecule has 6 nitrogen and oxygen atoms in total. The number of sulfone groups is 1. The van der Waals surface area contributed by atoms with E-state index in [1.165, 1.54) is 38.5 Å². The van der Waals surface area contributed by atoms with Crippen LogP contribution in [-0.2, 0) is 9.84 Å². The van der Waals surface area contributed by atoms with Crippen molar-refractivity contribution in [3.8, 4) is 0 Å². The molecule has 0 amide bonds. The first-order valence-electron chi connectivity index (χ1n) is 8.32. The minimum Gasteiger partial charge on any atom is -0.356 e. The quantitative estimate of drug-likeness (QED) is 0.249. The van der Waals surface area contributed by atoms with Gasteiger partial charge in [0.05, 0.1) is 5.75 Å². The zero-order valence-electron chi connectivity index (χ0n) is 14.7. The molecule has 1 rings (SSSR count). The molecule has 23 heavy (non-hydrogen) atoms. The second kappa shape index (κ2) is 12.3. The third kappa shape index (κ3) is 10.4. The van der Waals surface area contributed by atoms with Gasteiger partial charge in [-0.3, -0.25) is 9.89 Å². The second-order valence-electron chi connectivity index (χ2n) is 6.00. The van der Waals surface area contributed by atoms with E-state index in [1.54, 1.807) is 7.05 Å². The lowest BCUT2D eigenvalue weighted by Crippen LogP contribution is -2.46. The minimum atomic E-state index is -2.88. The maximum atomic E-state index is 11.1. The lowest BCUT2D eigenvalue weighted by molar-refractivity contribution is 0.147. The van der Waals surface area contributed by atoms with E-state index in [0.29, 0.717) is 13.0 Å². The first-order chi connectivity index (χ1) is 10.5. The summed E-state index contributed by atoms with van der Waals surface area (Å²) >= 11 is 0. The Morgan fingerprint density at radius 2 is 1.96 bits per heavy atom. The summed E-state index contributed by atoms with van der Waals surface area (Å²) in [4.78, 5) is 6.73. The van der Waals surface area contributed by atoms with Gasteiger partial charge >= 0.3 is 0 Å². The summed E-state index contributed by atoms with van der Waals surface area (Å²) in [6.45, 7) is 5.97. The molecule has 2 N–H and O–H groups in total. The van der Waals surface area contributed by atoms with Crippen molar-refractivity contribution < 1.29 is 8.42 Å². The average molecular weight is 460 g/mol. The predicted molar refractivity (Wildman–Crippen MR) is 109 cm³/mol. The van der Waals surface area contributed by atoms with Crippen LogP contribution < -0.4 is 10.6 Å². The van der Waals surface area contributed by atoms with Crippen LogP contribution in [0.3, 0.4) is 0 Å². The fourth-order valence-electron chi connectivity index (χ4n) is 2.90. The first kappa shape index (κ1) is 22.9. The normalized spacial score (nSPS) is 20.0. The van der Waals surface area contributed by atoms with Gasteiger partial charge in [-0.2, -0.15) is 0 Å². The Bertz CT molecular complexity index is 443. The number of halogens is 1. The zero-order valence-corrected chi connectivity index (χ0v) is 17.8. The van der Waals surface area contributed by atoms with E-state index < -0.39 is 9.84 Å². The maximum absolute atomic E-state index is 11.1. The summed E-state index contributed by atoms with van der Waals surface area (Å²) < 4.78 is 22.1. The van der Waals surface area contributed by atoms with E-state index in [-0.39, 0.29) is 29.7 Å². The molecule has 0 aromatic rings. The fraction of sp³-hybridized carbons (Fsp3) is 0.933. The number of guanidine groups is 1. The number of rotatable bonds is 8. The molecule has 1 unspecified atom stereocenters. The molecule has 0 saturated carbocycles. The van der Waals surface area contributed by atoms with Crippen LogP contribution in [0.15, 0.2) is 4.99 Å². The summed E-state index contributed by atoms with van der Waals surface area (Å²) in [7, 11) is -1.14. The highest BCUT2D eigenvalue weighted by Crippen LogP contribution is 2.18. The largest absolute Gasteiger partial charge is 0.356 e. The van der Waals surface area contributed by atoms with Gasteiger partial charge in [-0.1, -0.05) is 13.3 Å². The van der Waals surface area contributed by atoms with E-state index in [2.05, 4.69) is 27.4 Å². The van der Waals surface area contributed by atoms with Crippen molar-refractivity contribution in [3.63, 3.8) is 0 Å². The zero-order chi connectivity index (χ0) is 16.4. The Morgan fingerprint density at radius 3 is 2.57 bits per heavy atom. The molecule has 1 aliphatic heterocycles. The highest BCUT2D eigenvalue weighted by atomic mass is 127. The van der Waals surface area contributed by atoms with Gasteiger partial charge in [0.2, 0.25) is 0 Å². The van der Waals surface area contributed by atoms with Crippen molar-refractivity contribution in [2.75, 3.05) is 45.2 Å². The molecule has 0 bridgehead atoms. The molecule has 1 aliphatic rings. The van der Waals surface area contributed by atoms with Gasteiger partial charge in [0.15, 0.2) is 5.96 Å². The van der Waals surface area contributed by atoms with Crippen LogP contribution >= 0.6 is 24.0 Å². The third-order valence-corrected chi connectivity index (χ3v) is 5.15. The first-order valence-corrected chi connectivity index (χ1v) is 10.4. The smallest absolute Gasteiger partial charge is 0.191 e. The van der Waals surface area contributed by atoms with Crippen LogP contribution in [0, 0.1) is 0 Å². The molecule has 138 valence electrons. The van der Waals surface area contributed by atoms with Gasteiger partial charge in [-0.25, -0.2) is 8.42 Å². The topological polar surface area (TPSA) is 73.8 Å². The second-order valence-corrected chi connectivity index (χ2v) is 8.26. The standard InChI is InChI=1S/C15H32N4O2S.HI/c1-4-14-8-5-6-11-19(14)12-10-18-15(16-2)17-9-7-13-22(3,20)21;/h14H,4-13H2,1-3H3,(H2,16,17,18);1H. The van der Waals surface area contributed by atoms with Crippen LogP contribution in [0.5, 0.6) is 0 Å². The van der Waals surface area contributed by atoms with E-state index in [1.807, 2.05) is 0 Å². The van der Waals surface area contributed by atoms with Crippen LogP contribution in [0.1, 0.15) is 39.0 Å². The number of hydrogen-bond donors (Lipinski definition) is 2. The van der Waals surface area contributed by atoms with Crippen molar-refractivity contribution in [2.45, 2.75) is 45.1 Å². The molecule has 0 aromatic heterocycles. The van der Waals surface area contributed by atoms with Crippen molar-refractivity contribution in [1.82, 2.24) is 15.5 Å². The van der Waals surface area contributed by atoms with Crippen molar-refractivity contribution in [1.29, 1.82) is 0 Å². The number of nitrogens with zero attached hydrogens (tertiary/aromatic N) is 2. The summed E-state index contributed by atoms with van der Waals surface area (Å²) in [6.07, 6.45) is 7.06. The van der Waals surface area contributed by atoms with Crippen molar-refractivity contribution in [3.05, 3.63) is 0 Å². The Kier molecular flexibility index (Phi) is 12.2. The Balaban J connectivity index is 0.00000484. The Hall–Kier alpha value is -0.0900. The molecule has 0 aliphatic carbocycles. The van der Waals surface area contributed by atoms with Gasteiger partial charge in [0, 0.05) is 39.0 Å². The summed E-state index contributed by atoms with van der Waals surface area (Å²) in [5, 5.41) is 6.47. The molecule has 0 radical (unpaired) electrons. The molecule has 8 heteroatoms. The lowest BCUT2D eigenvalue weighted by atomic mass is 10.0. The fourth-order valence-corrected chi connectivity index (χ4v) is 3.57. The molecule has 1 atom stereocenters. The van der Waals surface area contributed by atoms with E-state index >= 15 is 0 Å². The van der Waals surface area contributed by atoms with Crippen molar-refractivity contribution in [2.24, 2.45) is 4.99 Å².